The molecule has 3 aromatic rings. The molecule has 0 saturated carbocycles. The van der Waals surface area contributed by atoms with Crippen molar-refractivity contribution in [3.63, 3.8) is 0 Å². The maximum absolute atomic E-state index is 12.7. The highest BCUT2D eigenvalue weighted by Gasteiger charge is 2.40. The third-order valence-corrected chi connectivity index (χ3v) is 8.56. The molecule has 214 valence electrons. The largest absolute Gasteiger partial charge is 0.444 e. The normalized spacial score (nSPS) is 24.5. The highest BCUT2D eigenvalue weighted by molar-refractivity contribution is 5.95. The number of benzene rings is 1. The number of amides is 1. The van der Waals surface area contributed by atoms with Gasteiger partial charge >= 0.3 is 6.09 Å². The third kappa shape index (κ3) is 5.41. The van der Waals surface area contributed by atoms with Gasteiger partial charge in [0.25, 0.3) is 0 Å². The second-order valence-electron chi connectivity index (χ2n) is 12.8. The molecule has 3 aliphatic rings. The van der Waals surface area contributed by atoms with E-state index >= 15 is 0 Å². The molecule has 2 saturated heterocycles. The van der Waals surface area contributed by atoms with Crippen molar-refractivity contribution < 1.29 is 9.53 Å². The second kappa shape index (κ2) is 10.5. The van der Waals surface area contributed by atoms with Crippen LogP contribution in [0.2, 0.25) is 0 Å². The first kappa shape index (κ1) is 27.3. The molecule has 1 unspecified atom stereocenters. The SMILES string of the molecule is CC1Cc2nc(N[C@@H]3C[C@H]4CN(c5ccc(C#N)c6ncccc56)C[C@@H](C)N4C3)ccc2CN1C(=O)OC(C)(C)C. The van der Waals surface area contributed by atoms with Crippen LogP contribution in [0.3, 0.4) is 0 Å². The number of anilines is 2. The molecule has 2 fully saturated rings. The zero-order chi connectivity index (χ0) is 28.9. The van der Waals surface area contributed by atoms with Crippen molar-refractivity contribution in [2.24, 2.45) is 0 Å². The van der Waals surface area contributed by atoms with Crippen LogP contribution >= 0.6 is 0 Å². The van der Waals surface area contributed by atoms with Gasteiger partial charge in [-0.15, -0.1) is 0 Å². The number of carbonyl (C=O) groups is 1. The Kier molecular flexibility index (Phi) is 6.98. The molecule has 4 atom stereocenters. The number of carbonyl (C=O) groups excluding carboxylic acids is 1. The smallest absolute Gasteiger partial charge is 0.410 e. The summed E-state index contributed by atoms with van der Waals surface area (Å²) < 4.78 is 5.63. The van der Waals surface area contributed by atoms with Crippen molar-refractivity contribution in [3.05, 3.63) is 59.4 Å². The highest BCUT2D eigenvalue weighted by Crippen LogP contribution is 2.34. The molecule has 9 nitrogen and oxygen atoms in total. The van der Waals surface area contributed by atoms with E-state index in [2.05, 4.69) is 58.2 Å². The Morgan fingerprint density at radius 1 is 1.10 bits per heavy atom. The van der Waals surface area contributed by atoms with Crippen LogP contribution in [0.15, 0.2) is 42.6 Å². The van der Waals surface area contributed by atoms with Crippen LogP contribution in [-0.2, 0) is 17.7 Å². The van der Waals surface area contributed by atoms with Crippen LogP contribution in [0.5, 0.6) is 0 Å². The van der Waals surface area contributed by atoms with E-state index in [0.29, 0.717) is 36.7 Å². The van der Waals surface area contributed by atoms with Crippen molar-refractivity contribution in [1.82, 2.24) is 19.8 Å². The number of nitrogens with zero attached hydrogens (tertiary/aromatic N) is 6. The summed E-state index contributed by atoms with van der Waals surface area (Å²) >= 11 is 0. The summed E-state index contributed by atoms with van der Waals surface area (Å²) in [6.45, 7) is 13.4. The van der Waals surface area contributed by atoms with E-state index in [1.54, 1.807) is 11.1 Å². The summed E-state index contributed by atoms with van der Waals surface area (Å²) in [6.07, 6.45) is 3.24. The van der Waals surface area contributed by atoms with Gasteiger partial charge in [0, 0.05) is 73.2 Å². The minimum Gasteiger partial charge on any atom is -0.444 e. The third-order valence-electron chi connectivity index (χ3n) is 8.56. The number of ether oxygens (including phenoxy) is 1. The van der Waals surface area contributed by atoms with Gasteiger partial charge in [0.2, 0.25) is 0 Å². The fourth-order valence-corrected chi connectivity index (χ4v) is 6.67. The van der Waals surface area contributed by atoms with E-state index < -0.39 is 5.60 Å². The minimum atomic E-state index is -0.515. The predicted molar refractivity (Wildman–Crippen MR) is 160 cm³/mol. The van der Waals surface area contributed by atoms with Crippen LogP contribution in [0.25, 0.3) is 10.9 Å². The van der Waals surface area contributed by atoms with Crippen molar-refractivity contribution in [3.8, 4) is 6.07 Å². The summed E-state index contributed by atoms with van der Waals surface area (Å²) in [7, 11) is 0. The first-order chi connectivity index (χ1) is 19.6. The molecule has 6 rings (SSSR count). The van der Waals surface area contributed by atoms with Crippen molar-refractivity contribution >= 4 is 28.5 Å². The molecule has 0 spiro atoms. The summed E-state index contributed by atoms with van der Waals surface area (Å²) in [5, 5.41) is 14.3. The van der Waals surface area contributed by atoms with Gasteiger partial charge in [0.05, 0.1) is 17.6 Å². The van der Waals surface area contributed by atoms with Crippen LogP contribution in [0.4, 0.5) is 16.3 Å². The van der Waals surface area contributed by atoms with Gasteiger partial charge in [-0.3, -0.25) is 9.88 Å². The Morgan fingerprint density at radius 3 is 2.71 bits per heavy atom. The van der Waals surface area contributed by atoms with Crippen molar-refractivity contribution in [2.75, 3.05) is 29.9 Å². The summed E-state index contributed by atoms with van der Waals surface area (Å²) in [5.74, 6) is 0.903. The van der Waals surface area contributed by atoms with Gasteiger partial charge < -0.3 is 19.9 Å². The number of hydrogen-bond acceptors (Lipinski definition) is 8. The number of fused-ring (bicyclic) bond motifs is 3. The lowest BCUT2D eigenvalue weighted by Gasteiger charge is -2.43. The lowest BCUT2D eigenvalue weighted by molar-refractivity contribution is 0.0136. The van der Waals surface area contributed by atoms with Gasteiger partial charge in [-0.05, 0) is 76.9 Å². The molecular weight excluding hydrogens is 514 g/mol. The first-order valence-corrected chi connectivity index (χ1v) is 14.6. The fourth-order valence-electron chi connectivity index (χ4n) is 6.67. The molecule has 41 heavy (non-hydrogen) atoms. The van der Waals surface area contributed by atoms with Crippen LogP contribution in [-0.4, -0.2) is 75.3 Å². The van der Waals surface area contributed by atoms with E-state index in [1.165, 1.54) is 0 Å². The maximum atomic E-state index is 12.7. The van der Waals surface area contributed by atoms with Crippen LogP contribution < -0.4 is 10.2 Å². The van der Waals surface area contributed by atoms with Crippen LogP contribution in [0, 0.1) is 11.3 Å². The van der Waals surface area contributed by atoms with E-state index in [0.717, 1.165) is 59.7 Å². The van der Waals surface area contributed by atoms with Crippen molar-refractivity contribution in [1.29, 1.82) is 5.26 Å². The zero-order valence-corrected chi connectivity index (χ0v) is 24.6. The van der Waals surface area contributed by atoms with Gasteiger partial charge in [-0.2, -0.15) is 5.26 Å². The standard InChI is InChI=1S/C32H39N7O2/c1-20-13-27-23(17-39(20)31(40)41-32(3,4)5)9-11-29(36-27)35-24-14-25-19-37(16-21(2)38(25)18-24)28-10-8-22(15-33)30-26(28)7-6-12-34-30/h6-12,20-21,24-25H,13-14,16-19H2,1-5H3,(H,35,36)/t20?,21-,24-,25+/m1/s1. The number of piperazine rings is 1. The Labute approximate surface area is 242 Å². The number of aromatic nitrogens is 2. The summed E-state index contributed by atoms with van der Waals surface area (Å²) in [6, 6.07) is 15.6. The number of pyridine rings is 2. The quantitative estimate of drug-likeness (QED) is 0.487. The predicted octanol–water partition coefficient (Wildman–Crippen LogP) is 4.95. The summed E-state index contributed by atoms with van der Waals surface area (Å²) in [5.41, 5.74) is 4.16. The molecule has 1 aromatic carbocycles. The number of rotatable bonds is 3. The average Bonchev–Trinajstić information content (AvgIpc) is 3.34. The molecule has 9 heteroatoms. The molecular formula is C32H39N7O2. The monoisotopic (exact) mass is 553 g/mol. The topological polar surface area (TPSA) is 97.6 Å². The number of nitrogens with one attached hydrogen (secondary N) is 1. The lowest BCUT2D eigenvalue weighted by atomic mass is 10.00. The van der Waals surface area contributed by atoms with E-state index in [-0.39, 0.29) is 12.1 Å². The van der Waals surface area contributed by atoms with Gasteiger partial charge in [0.15, 0.2) is 0 Å². The number of hydrogen-bond donors (Lipinski definition) is 1. The van der Waals surface area contributed by atoms with E-state index in [1.807, 2.05) is 39.0 Å². The molecule has 5 heterocycles. The molecule has 2 aromatic heterocycles. The summed E-state index contributed by atoms with van der Waals surface area (Å²) in [4.78, 5) is 29.1. The second-order valence-corrected chi connectivity index (χ2v) is 12.8. The molecule has 0 aliphatic carbocycles. The molecule has 1 N–H and O–H groups in total. The highest BCUT2D eigenvalue weighted by atomic mass is 16.6. The number of nitriles is 1. The van der Waals surface area contributed by atoms with E-state index in [9.17, 15) is 10.1 Å². The molecule has 0 radical (unpaired) electrons. The van der Waals surface area contributed by atoms with Gasteiger partial charge in [0.1, 0.15) is 17.5 Å². The Morgan fingerprint density at radius 2 is 1.93 bits per heavy atom. The maximum Gasteiger partial charge on any atom is 0.410 e. The Hall–Kier alpha value is -3.90. The molecule has 0 bridgehead atoms. The fraction of sp³-hybridized carbons (Fsp3) is 0.500. The molecule has 1 amide bonds. The average molecular weight is 554 g/mol. The Balaban J connectivity index is 1.13. The molecule has 3 aliphatic heterocycles. The Bertz CT molecular complexity index is 1510. The van der Waals surface area contributed by atoms with Crippen LogP contribution in [0.1, 0.15) is 57.9 Å². The zero-order valence-electron chi connectivity index (χ0n) is 24.6. The first-order valence-electron chi connectivity index (χ1n) is 14.6. The van der Waals surface area contributed by atoms with E-state index in [4.69, 9.17) is 9.72 Å². The van der Waals surface area contributed by atoms with Gasteiger partial charge in [-0.25, -0.2) is 9.78 Å². The van der Waals surface area contributed by atoms with Crippen molar-refractivity contribution in [2.45, 2.75) is 83.8 Å². The van der Waals surface area contributed by atoms with Gasteiger partial charge in [-0.1, -0.05) is 6.07 Å². The lowest BCUT2D eigenvalue weighted by Crippen LogP contribution is -2.55. The minimum absolute atomic E-state index is 0.0286.